The third-order valence-corrected chi connectivity index (χ3v) is 5.10. The molecule has 0 aliphatic heterocycles. The second-order valence-corrected chi connectivity index (χ2v) is 7.73. The van der Waals surface area contributed by atoms with Crippen LogP contribution in [0.3, 0.4) is 0 Å². The number of hydrogen-bond acceptors (Lipinski definition) is 4. The van der Waals surface area contributed by atoms with Crippen LogP contribution in [0.4, 0.5) is 4.39 Å². The zero-order valence-corrected chi connectivity index (χ0v) is 17.4. The molecule has 152 valence electrons. The zero-order chi connectivity index (χ0) is 21.1. The first-order valence-electron chi connectivity index (χ1n) is 9.33. The van der Waals surface area contributed by atoms with Gasteiger partial charge in [-0.25, -0.2) is 9.07 Å². The second kappa shape index (κ2) is 8.77. The molecule has 4 aromatic rings. The van der Waals surface area contributed by atoms with E-state index in [2.05, 4.69) is 21.0 Å². The predicted molar refractivity (Wildman–Crippen MR) is 117 cm³/mol. The largest absolute Gasteiger partial charge is 0.491 e. The number of aromatic nitrogens is 2. The van der Waals surface area contributed by atoms with Crippen molar-refractivity contribution in [1.29, 1.82) is 0 Å². The normalized spacial score (nSPS) is 12.1. The lowest BCUT2D eigenvalue weighted by atomic mass is 10.1. The van der Waals surface area contributed by atoms with E-state index in [1.807, 2.05) is 18.2 Å². The Morgan fingerprint density at radius 2 is 1.77 bits per heavy atom. The number of halogens is 2. The molecule has 4 rings (SSSR count). The van der Waals surface area contributed by atoms with Gasteiger partial charge in [0, 0.05) is 15.4 Å². The standard InChI is InChI=1S/C23H18BrFN2O3/c24-16-4-3-5-19(12-16)30-14-18(28)13-27-23(29)21-7-2-1-6-20(21)22(26-27)15-8-10-17(25)11-9-15/h1-12,18,28H,13-14H2. The van der Waals surface area contributed by atoms with Crippen LogP contribution in [-0.2, 0) is 6.54 Å². The Hall–Kier alpha value is -3.03. The minimum absolute atomic E-state index is 0.00326. The van der Waals surface area contributed by atoms with Crippen molar-refractivity contribution in [2.45, 2.75) is 12.6 Å². The van der Waals surface area contributed by atoms with Crippen LogP contribution in [0.25, 0.3) is 22.0 Å². The van der Waals surface area contributed by atoms with E-state index in [-0.39, 0.29) is 24.5 Å². The highest BCUT2D eigenvalue weighted by molar-refractivity contribution is 9.10. The highest BCUT2D eigenvalue weighted by atomic mass is 79.9. The molecule has 1 heterocycles. The molecule has 0 aliphatic carbocycles. The number of hydrogen-bond donors (Lipinski definition) is 1. The number of aliphatic hydroxyl groups is 1. The minimum Gasteiger partial charge on any atom is -0.491 e. The van der Waals surface area contributed by atoms with Crippen molar-refractivity contribution in [3.63, 3.8) is 0 Å². The molecule has 1 atom stereocenters. The maximum atomic E-state index is 13.4. The van der Waals surface area contributed by atoms with Crippen LogP contribution in [0.1, 0.15) is 0 Å². The molecular weight excluding hydrogens is 451 g/mol. The first-order valence-corrected chi connectivity index (χ1v) is 10.1. The summed E-state index contributed by atoms with van der Waals surface area (Å²) in [5, 5.41) is 16.1. The first kappa shape index (κ1) is 20.3. The van der Waals surface area contributed by atoms with Gasteiger partial charge in [0.1, 0.15) is 24.3 Å². The van der Waals surface area contributed by atoms with Gasteiger partial charge in [-0.1, -0.05) is 40.2 Å². The van der Waals surface area contributed by atoms with Gasteiger partial charge in [-0.15, -0.1) is 0 Å². The molecule has 5 nitrogen and oxygen atoms in total. The van der Waals surface area contributed by atoms with Crippen LogP contribution in [0.5, 0.6) is 5.75 Å². The van der Waals surface area contributed by atoms with Crippen LogP contribution in [-0.4, -0.2) is 27.6 Å². The van der Waals surface area contributed by atoms with Crippen molar-refractivity contribution < 1.29 is 14.2 Å². The quantitative estimate of drug-likeness (QED) is 0.455. The number of aliphatic hydroxyl groups excluding tert-OH is 1. The van der Waals surface area contributed by atoms with Crippen LogP contribution < -0.4 is 10.3 Å². The van der Waals surface area contributed by atoms with E-state index >= 15 is 0 Å². The molecule has 0 saturated heterocycles. The van der Waals surface area contributed by atoms with Gasteiger partial charge in [0.15, 0.2) is 0 Å². The fraction of sp³-hybridized carbons (Fsp3) is 0.130. The zero-order valence-electron chi connectivity index (χ0n) is 15.8. The molecule has 1 N–H and O–H groups in total. The van der Waals surface area contributed by atoms with Crippen LogP contribution >= 0.6 is 15.9 Å². The van der Waals surface area contributed by atoms with Gasteiger partial charge in [0.25, 0.3) is 5.56 Å². The summed E-state index contributed by atoms with van der Waals surface area (Å²) in [6.45, 7) is -0.0326. The van der Waals surface area contributed by atoms with Crippen molar-refractivity contribution in [2.75, 3.05) is 6.61 Å². The average molecular weight is 469 g/mol. The average Bonchev–Trinajstić information content (AvgIpc) is 2.75. The van der Waals surface area contributed by atoms with Gasteiger partial charge in [-0.05, 0) is 48.5 Å². The van der Waals surface area contributed by atoms with Crippen LogP contribution in [0.15, 0.2) is 82.1 Å². The van der Waals surface area contributed by atoms with E-state index in [4.69, 9.17) is 4.74 Å². The summed E-state index contributed by atoms with van der Waals surface area (Å²) in [5.74, 6) is 0.255. The topological polar surface area (TPSA) is 64.4 Å². The number of benzene rings is 3. The highest BCUT2D eigenvalue weighted by Gasteiger charge is 2.15. The SMILES string of the molecule is O=c1c2ccccc2c(-c2ccc(F)cc2)nn1CC(O)COc1cccc(Br)c1. The van der Waals surface area contributed by atoms with Crippen molar-refractivity contribution in [3.8, 4) is 17.0 Å². The van der Waals surface area contributed by atoms with E-state index in [1.54, 1.807) is 42.5 Å². The lowest BCUT2D eigenvalue weighted by Crippen LogP contribution is -2.32. The smallest absolute Gasteiger partial charge is 0.274 e. The molecule has 1 unspecified atom stereocenters. The predicted octanol–water partition coefficient (Wildman–Crippen LogP) is 4.41. The first-order chi connectivity index (χ1) is 14.5. The van der Waals surface area contributed by atoms with E-state index in [9.17, 15) is 14.3 Å². The molecule has 0 spiro atoms. The Labute approximate surface area is 180 Å². The highest BCUT2D eigenvalue weighted by Crippen LogP contribution is 2.25. The Kier molecular flexibility index (Phi) is 5.92. The molecule has 0 saturated carbocycles. The van der Waals surface area contributed by atoms with Gasteiger partial charge in [0.2, 0.25) is 0 Å². The maximum absolute atomic E-state index is 13.4. The molecule has 7 heteroatoms. The molecular formula is C23H18BrFN2O3. The molecule has 3 aromatic carbocycles. The Morgan fingerprint density at radius 1 is 1.03 bits per heavy atom. The number of nitrogens with zero attached hydrogens (tertiary/aromatic N) is 2. The number of ether oxygens (including phenoxy) is 1. The lowest BCUT2D eigenvalue weighted by molar-refractivity contribution is 0.0882. The van der Waals surface area contributed by atoms with E-state index < -0.39 is 6.10 Å². The molecule has 0 fully saturated rings. The van der Waals surface area contributed by atoms with Crippen molar-refractivity contribution >= 4 is 26.7 Å². The van der Waals surface area contributed by atoms with Gasteiger partial charge in [0.05, 0.1) is 17.6 Å². The summed E-state index contributed by atoms with van der Waals surface area (Å²) in [4.78, 5) is 12.9. The summed E-state index contributed by atoms with van der Waals surface area (Å²) in [6.07, 6.45) is -0.948. The van der Waals surface area contributed by atoms with E-state index in [0.29, 0.717) is 27.8 Å². The molecule has 1 aromatic heterocycles. The Balaban J connectivity index is 1.64. The second-order valence-electron chi connectivity index (χ2n) is 6.81. The summed E-state index contributed by atoms with van der Waals surface area (Å²) in [5.41, 5.74) is 0.921. The monoisotopic (exact) mass is 468 g/mol. The number of fused-ring (bicyclic) bond motifs is 1. The molecule has 0 amide bonds. The summed E-state index contributed by atoms with van der Waals surface area (Å²) < 4.78 is 21.1. The summed E-state index contributed by atoms with van der Waals surface area (Å²) >= 11 is 3.37. The molecule has 0 aliphatic rings. The third-order valence-electron chi connectivity index (χ3n) is 4.61. The lowest BCUT2D eigenvalue weighted by Gasteiger charge is -2.15. The molecule has 0 radical (unpaired) electrons. The van der Waals surface area contributed by atoms with Crippen molar-refractivity contribution in [1.82, 2.24) is 9.78 Å². The van der Waals surface area contributed by atoms with Gasteiger partial charge >= 0.3 is 0 Å². The fourth-order valence-electron chi connectivity index (χ4n) is 3.18. The third kappa shape index (κ3) is 4.42. The summed E-state index contributed by atoms with van der Waals surface area (Å²) in [6, 6.07) is 20.3. The van der Waals surface area contributed by atoms with Crippen molar-refractivity contribution in [3.05, 3.63) is 93.4 Å². The number of rotatable bonds is 6. The van der Waals surface area contributed by atoms with Gasteiger partial charge in [-0.3, -0.25) is 4.79 Å². The van der Waals surface area contributed by atoms with E-state index in [0.717, 1.165) is 4.47 Å². The minimum atomic E-state index is -0.948. The molecule has 0 bridgehead atoms. The van der Waals surface area contributed by atoms with E-state index in [1.165, 1.54) is 16.8 Å². The Bertz CT molecular complexity index is 1240. The van der Waals surface area contributed by atoms with Gasteiger partial charge < -0.3 is 9.84 Å². The maximum Gasteiger partial charge on any atom is 0.274 e. The molecule has 30 heavy (non-hydrogen) atoms. The Morgan fingerprint density at radius 3 is 2.50 bits per heavy atom. The van der Waals surface area contributed by atoms with Crippen LogP contribution in [0, 0.1) is 5.82 Å². The van der Waals surface area contributed by atoms with Gasteiger partial charge in [-0.2, -0.15) is 5.10 Å². The summed E-state index contributed by atoms with van der Waals surface area (Å²) in [7, 11) is 0. The fourth-order valence-corrected chi connectivity index (χ4v) is 3.56. The van der Waals surface area contributed by atoms with Crippen LogP contribution in [0.2, 0.25) is 0 Å². The van der Waals surface area contributed by atoms with Crippen molar-refractivity contribution in [2.24, 2.45) is 0 Å².